The molecule has 2 aliphatic heterocycles. The van der Waals surface area contributed by atoms with Gasteiger partial charge in [0.05, 0.1) is 24.7 Å². The second-order valence-electron chi connectivity index (χ2n) is 6.27. The van der Waals surface area contributed by atoms with Crippen LogP contribution < -0.4 is 18.9 Å². The summed E-state index contributed by atoms with van der Waals surface area (Å²) in [6, 6.07) is 8.97. The summed E-state index contributed by atoms with van der Waals surface area (Å²) < 4.78 is 27.6. The Morgan fingerprint density at radius 1 is 0.889 bits per heavy atom. The molecule has 2 heterocycles. The number of esters is 1. The molecule has 6 nitrogen and oxygen atoms in total. The molecule has 27 heavy (non-hydrogen) atoms. The lowest BCUT2D eigenvalue weighted by molar-refractivity contribution is -0.144. The maximum Gasteiger partial charge on any atom is 0.310 e. The van der Waals surface area contributed by atoms with E-state index in [4.69, 9.17) is 35.3 Å². The number of carbonyl (C=O) groups is 1. The molecule has 0 bridgehead atoms. The molecule has 0 atom stereocenters. The van der Waals surface area contributed by atoms with Gasteiger partial charge in [0, 0.05) is 6.42 Å². The van der Waals surface area contributed by atoms with E-state index >= 15 is 0 Å². The summed E-state index contributed by atoms with van der Waals surface area (Å²) in [5.74, 6) is 2.13. The van der Waals surface area contributed by atoms with Crippen molar-refractivity contribution >= 4 is 17.6 Å². The molecule has 0 unspecified atom stereocenters. The number of hydrogen-bond donors (Lipinski definition) is 0. The van der Waals surface area contributed by atoms with E-state index in [1.165, 1.54) is 0 Å². The first-order chi connectivity index (χ1) is 13.2. The Balaban J connectivity index is 1.38. The molecule has 4 rings (SSSR count). The normalized spacial score (nSPS) is 15.0. The van der Waals surface area contributed by atoms with E-state index in [0.717, 1.165) is 17.5 Å². The minimum Gasteiger partial charge on any atom is -0.489 e. The molecule has 0 amide bonds. The van der Waals surface area contributed by atoms with Crippen LogP contribution in [0.4, 0.5) is 0 Å². The largest absolute Gasteiger partial charge is 0.489 e. The van der Waals surface area contributed by atoms with E-state index in [0.29, 0.717) is 54.4 Å². The van der Waals surface area contributed by atoms with Crippen LogP contribution in [0.5, 0.6) is 23.0 Å². The van der Waals surface area contributed by atoms with Gasteiger partial charge in [-0.15, -0.1) is 0 Å². The predicted molar refractivity (Wildman–Crippen MR) is 98.0 cm³/mol. The zero-order valence-electron chi connectivity index (χ0n) is 14.7. The fourth-order valence-electron chi connectivity index (χ4n) is 2.95. The maximum absolute atomic E-state index is 12.2. The number of halogens is 1. The Labute approximate surface area is 161 Å². The van der Waals surface area contributed by atoms with E-state index in [1.807, 2.05) is 6.07 Å². The fraction of sp³-hybridized carbons (Fsp3) is 0.350. The number of ether oxygens (including phenoxy) is 5. The third-order valence-corrected chi connectivity index (χ3v) is 4.50. The highest BCUT2D eigenvalue weighted by atomic mass is 35.5. The van der Waals surface area contributed by atoms with Gasteiger partial charge in [0.2, 0.25) is 0 Å². The van der Waals surface area contributed by atoms with E-state index in [2.05, 4.69) is 0 Å². The summed E-state index contributed by atoms with van der Waals surface area (Å²) >= 11 is 6.26. The van der Waals surface area contributed by atoms with Crippen LogP contribution in [-0.2, 0) is 22.6 Å². The van der Waals surface area contributed by atoms with Crippen molar-refractivity contribution in [2.75, 3.05) is 26.4 Å². The molecule has 0 fully saturated rings. The van der Waals surface area contributed by atoms with Gasteiger partial charge in [-0.1, -0.05) is 17.7 Å². The average Bonchev–Trinajstić information content (AvgIpc) is 2.92. The van der Waals surface area contributed by atoms with Gasteiger partial charge in [-0.05, 0) is 35.4 Å². The molecule has 0 saturated carbocycles. The highest BCUT2D eigenvalue weighted by molar-refractivity contribution is 6.32. The van der Waals surface area contributed by atoms with E-state index in [1.54, 1.807) is 24.3 Å². The summed E-state index contributed by atoms with van der Waals surface area (Å²) in [5.41, 5.74) is 1.56. The molecular formula is C20H19ClO6. The van der Waals surface area contributed by atoms with Crippen LogP contribution in [0.25, 0.3) is 0 Å². The van der Waals surface area contributed by atoms with Crippen molar-refractivity contribution in [3.8, 4) is 23.0 Å². The lowest BCUT2D eigenvalue weighted by atomic mass is 10.1. The first-order valence-electron chi connectivity index (χ1n) is 8.81. The van der Waals surface area contributed by atoms with Crippen LogP contribution in [0.15, 0.2) is 30.3 Å². The SMILES string of the molecule is O=C(Cc1ccc2c(c1)OCCO2)OCc1cc(Cl)c2c(c1)OCCCO2. The smallest absolute Gasteiger partial charge is 0.310 e. The molecule has 142 valence electrons. The first-order valence-corrected chi connectivity index (χ1v) is 9.19. The zero-order valence-corrected chi connectivity index (χ0v) is 15.4. The maximum atomic E-state index is 12.2. The molecule has 0 spiro atoms. The number of rotatable bonds is 4. The second kappa shape index (κ2) is 7.96. The fourth-order valence-corrected chi connectivity index (χ4v) is 3.23. The Hall–Kier alpha value is -2.60. The molecule has 0 N–H and O–H groups in total. The van der Waals surface area contributed by atoms with Gasteiger partial charge in [0.15, 0.2) is 23.0 Å². The molecule has 7 heteroatoms. The van der Waals surface area contributed by atoms with Crippen LogP contribution in [0.1, 0.15) is 17.5 Å². The summed E-state index contributed by atoms with van der Waals surface area (Å²) in [6.07, 6.45) is 0.944. The third kappa shape index (κ3) is 4.22. The minimum absolute atomic E-state index is 0.111. The van der Waals surface area contributed by atoms with Crippen molar-refractivity contribution in [2.45, 2.75) is 19.4 Å². The van der Waals surface area contributed by atoms with Crippen molar-refractivity contribution in [3.63, 3.8) is 0 Å². The standard InChI is InChI=1S/C20H19ClO6/c21-15-8-14(10-18-20(15)26-5-1-4-23-18)12-27-19(22)11-13-2-3-16-17(9-13)25-7-6-24-16/h2-3,8-10H,1,4-7,11-12H2. The molecule has 2 aromatic rings. The molecule has 2 aliphatic rings. The lowest BCUT2D eigenvalue weighted by Crippen LogP contribution is -2.16. The van der Waals surface area contributed by atoms with Crippen LogP contribution >= 0.6 is 11.6 Å². The Morgan fingerprint density at radius 2 is 1.63 bits per heavy atom. The number of carbonyl (C=O) groups excluding carboxylic acids is 1. The first kappa shape index (κ1) is 17.8. The minimum atomic E-state index is -0.338. The number of benzene rings is 2. The van der Waals surface area contributed by atoms with Gasteiger partial charge in [0.25, 0.3) is 0 Å². The van der Waals surface area contributed by atoms with Gasteiger partial charge in [-0.25, -0.2) is 0 Å². The highest BCUT2D eigenvalue weighted by Crippen LogP contribution is 2.38. The van der Waals surface area contributed by atoms with E-state index in [-0.39, 0.29) is 19.0 Å². The van der Waals surface area contributed by atoms with Crippen molar-refractivity contribution in [2.24, 2.45) is 0 Å². The molecule has 0 aliphatic carbocycles. The monoisotopic (exact) mass is 390 g/mol. The van der Waals surface area contributed by atoms with Crippen LogP contribution in [-0.4, -0.2) is 32.4 Å². The molecule has 0 radical (unpaired) electrons. The Kier molecular flexibility index (Phi) is 5.25. The lowest BCUT2D eigenvalue weighted by Gasteiger charge is -2.18. The van der Waals surface area contributed by atoms with Gasteiger partial charge < -0.3 is 23.7 Å². The Bertz CT molecular complexity index is 851. The van der Waals surface area contributed by atoms with E-state index < -0.39 is 0 Å². The molecule has 2 aromatic carbocycles. The van der Waals surface area contributed by atoms with Crippen molar-refractivity contribution < 1.29 is 28.5 Å². The van der Waals surface area contributed by atoms with Gasteiger partial charge in [-0.2, -0.15) is 0 Å². The summed E-state index contributed by atoms with van der Waals surface area (Å²) in [5, 5.41) is 0.451. The van der Waals surface area contributed by atoms with Crippen LogP contribution in [0.2, 0.25) is 5.02 Å². The second-order valence-corrected chi connectivity index (χ2v) is 6.68. The van der Waals surface area contributed by atoms with Crippen LogP contribution in [0, 0.1) is 0 Å². The zero-order chi connectivity index (χ0) is 18.6. The van der Waals surface area contributed by atoms with Crippen molar-refractivity contribution in [1.29, 1.82) is 0 Å². The Morgan fingerprint density at radius 3 is 2.52 bits per heavy atom. The summed E-state index contributed by atoms with van der Waals surface area (Å²) in [4.78, 5) is 12.2. The number of fused-ring (bicyclic) bond motifs is 2. The predicted octanol–water partition coefficient (Wildman–Crippen LogP) is 3.56. The van der Waals surface area contributed by atoms with Crippen LogP contribution in [0.3, 0.4) is 0 Å². The summed E-state index contributed by atoms with van der Waals surface area (Å²) in [7, 11) is 0. The molecule has 0 aromatic heterocycles. The molecule has 0 saturated heterocycles. The number of hydrogen-bond acceptors (Lipinski definition) is 6. The van der Waals surface area contributed by atoms with Gasteiger partial charge in [-0.3, -0.25) is 4.79 Å². The van der Waals surface area contributed by atoms with Crippen molar-refractivity contribution in [1.82, 2.24) is 0 Å². The average molecular weight is 391 g/mol. The van der Waals surface area contributed by atoms with Crippen molar-refractivity contribution in [3.05, 3.63) is 46.5 Å². The van der Waals surface area contributed by atoms with E-state index in [9.17, 15) is 4.79 Å². The third-order valence-electron chi connectivity index (χ3n) is 4.22. The summed E-state index contributed by atoms with van der Waals surface area (Å²) in [6.45, 7) is 2.28. The molecular weight excluding hydrogens is 372 g/mol. The quantitative estimate of drug-likeness (QED) is 0.744. The van der Waals surface area contributed by atoms with Gasteiger partial charge in [0.1, 0.15) is 19.8 Å². The van der Waals surface area contributed by atoms with Gasteiger partial charge >= 0.3 is 5.97 Å². The topological polar surface area (TPSA) is 63.2 Å². The highest BCUT2D eigenvalue weighted by Gasteiger charge is 2.17.